The van der Waals surface area contributed by atoms with Crippen LogP contribution in [0.3, 0.4) is 0 Å². The van der Waals surface area contributed by atoms with Gasteiger partial charge in [-0.3, -0.25) is 14.4 Å². The molecule has 28 heavy (non-hydrogen) atoms. The standard InChI is InChI=1S/C17H31N5O6/c1-10(23)14(19)16(26)22-8-4-6-12(22)15(25)20-9-13(24)21-11(17(27)28)5-2-3-7-18/h10-12,14,23H,2-9,18-19H2,1H3,(H,20,25)(H,21,24)(H,27,28). The van der Waals surface area contributed by atoms with Gasteiger partial charge in [0, 0.05) is 6.54 Å². The summed E-state index contributed by atoms with van der Waals surface area (Å²) in [5, 5.41) is 23.4. The van der Waals surface area contributed by atoms with Crippen LogP contribution in [0.1, 0.15) is 39.0 Å². The molecule has 8 N–H and O–H groups in total. The fourth-order valence-corrected chi connectivity index (χ4v) is 2.98. The van der Waals surface area contributed by atoms with Gasteiger partial charge in [-0.15, -0.1) is 0 Å². The molecule has 0 aromatic rings. The van der Waals surface area contributed by atoms with E-state index >= 15 is 0 Å². The number of amides is 3. The molecule has 0 radical (unpaired) electrons. The molecule has 1 saturated heterocycles. The molecule has 1 heterocycles. The Morgan fingerprint density at radius 1 is 1.25 bits per heavy atom. The first-order chi connectivity index (χ1) is 13.2. The summed E-state index contributed by atoms with van der Waals surface area (Å²) >= 11 is 0. The quantitative estimate of drug-likeness (QED) is 0.205. The maximum Gasteiger partial charge on any atom is 0.326 e. The fraction of sp³-hybridized carbons (Fsp3) is 0.765. The lowest BCUT2D eigenvalue weighted by Crippen LogP contribution is -2.55. The van der Waals surface area contributed by atoms with Crippen molar-refractivity contribution in [2.45, 2.75) is 63.3 Å². The average Bonchev–Trinajstić information content (AvgIpc) is 3.13. The van der Waals surface area contributed by atoms with Crippen molar-refractivity contribution < 1.29 is 29.4 Å². The van der Waals surface area contributed by atoms with Crippen molar-refractivity contribution in [3.63, 3.8) is 0 Å². The highest BCUT2D eigenvalue weighted by molar-refractivity contribution is 5.93. The molecule has 0 aromatic carbocycles. The number of aliphatic hydroxyl groups is 1. The number of rotatable bonds is 11. The zero-order chi connectivity index (χ0) is 21.3. The van der Waals surface area contributed by atoms with Gasteiger partial charge in [-0.05, 0) is 45.6 Å². The number of likely N-dealkylation sites (tertiary alicyclic amines) is 1. The first-order valence-electron chi connectivity index (χ1n) is 9.43. The molecule has 1 aliphatic rings. The van der Waals surface area contributed by atoms with E-state index in [4.69, 9.17) is 16.6 Å². The minimum Gasteiger partial charge on any atom is -0.480 e. The number of unbranched alkanes of at least 4 members (excludes halogenated alkanes) is 1. The van der Waals surface area contributed by atoms with Crippen LogP contribution in [0.25, 0.3) is 0 Å². The zero-order valence-electron chi connectivity index (χ0n) is 16.1. The van der Waals surface area contributed by atoms with E-state index in [2.05, 4.69) is 10.6 Å². The third-order valence-electron chi connectivity index (χ3n) is 4.65. The Kier molecular flexibility index (Phi) is 9.83. The maximum absolute atomic E-state index is 12.4. The van der Waals surface area contributed by atoms with E-state index in [1.807, 2.05) is 0 Å². The Hall–Kier alpha value is -2.24. The minimum atomic E-state index is -1.16. The summed E-state index contributed by atoms with van der Waals surface area (Å²) in [6, 6.07) is -2.95. The Morgan fingerprint density at radius 2 is 1.93 bits per heavy atom. The van der Waals surface area contributed by atoms with Crippen LogP contribution in [0.15, 0.2) is 0 Å². The van der Waals surface area contributed by atoms with Crippen molar-refractivity contribution >= 4 is 23.7 Å². The molecule has 0 saturated carbocycles. The van der Waals surface area contributed by atoms with Crippen LogP contribution in [0, 0.1) is 0 Å². The predicted octanol–water partition coefficient (Wildman–Crippen LogP) is -2.50. The number of hydrogen-bond donors (Lipinski definition) is 6. The van der Waals surface area contributed by atoms with Gasteiger partial charge in [-0.1, -0.05) is 0 Å². The summed E-state index contributed by atoms with van der Waals surface area (Å²) in [5.41, 5.74) is 11.0. The van der Waals surface area contributed by atoms with Crippen molar-refractivity contribution in [3.05, 3.63) is 0 Å². The second kappa shape index (κ2) is 11.6. The van der Waals surface area contributed by atoms with E-state index in [-0.39, 0.29) is 6.42 Å². The van der Waals surface area contributed by atoms with Gasteiger partial charge in [-0.2, -0.15) is 0 Å². The third-order valence-corrected chi connectivity index (χ3v) is 4.65. The fourth-order valence-electron chi connectivity index (χ4n) is 2.98. The number of carbonyl (C=O) groups is 4. The summed E-state index contributed by atoms with van der Waals surface area (Å²) in [6.07, 6.45) is 1.43. The van der Waals surface area contributed by atoms with Crippen LogP contribution in [0.4, 0.5) is 0 Å². The van der Waals surface area contributed by atoms with E-state index < -0.39 is 54.5 Å². The summed E-state index contributed by atoms with van der Waals surface area (Å²) < 4.78 is 0. The smallest absolute Gasteiger partial charge is 0.326 e. The van der Waals surface area contributed by atoms with Gasteiger partial charge in [0.1, 0.15) is 18.1 Å². The molecule has 160 valence electrons. The molecule has 0 spiro atoms. The van der Waals surface area contributed by atoms with E-state index in [1.54, 1.807) is 0 Å². The van der Waals surface area contributed by atoms with E-state index in [9.17, 15) is 24.3 Å². The normalized spacial score (nSPS) is 19.6. The Bertz CT molecular complexity index is 570. The van der Waals surface area contributed by atoms with Crippen molar-refractivity contribution in [1.82, 2.24) is 15.5 Å². The van der Waals surface area contributed by atoms with Gasteiger partial charge < -0.3 is 37.2 Å². The minimum absolute atomic E-state index is 0.244. The van der Waals surface area contributed by atoms with Gasteiger partial charge in [0.05, 0.1) is 12.6 Å². The SMILES string of the molecule is CC(O)C(N)C(=O)N1CCCC1C(=O)NCC(=O)NC(CCCCN)C(=O)O. The van der Waals surface area contributed by atoms with Crippen molar-refractivity contribution in [2.24, 2.45) is 11.5 Å². The highest BCUT2D eigenvalue weighted by Crippen LogP contribution is 2.18. The summed E-state index contributed by atoms with van der Waals surface area (Å²) in [4.78, 5) is 49.1. The number of carbonyl (C=O) groups excluding carboxylic acids is 3. The molecular weight excluding hydrogens is 370 g/mol. The molecule has 0 aliphatic carbocycles. The molecule has 11 heteroatoms. The number of nitrogens with one attached hydrogen (secondary N) is 2. The number of carboxylic acids is 1. The number of nitrogens with two attached hydrogens (primary N) is 2. The van der Waals surface area contributed by atoms with Gasteiger partial charge >= 0.3 is 5.97 Å². The summed E-state index contributed by atoms with van der Waals surface area (Å²) in [7, 11) is 0. The lowest BCUT2D eigenvalue weighted by molar-refractivity contribution is -0.142. The van der Waals surface area contributed by atoms with Gasteiger partial charge in [0.15, 0.2) is 0 Å². The van der Waals surface area contributed by atoms with Crippen LogP contribution in [0.2, 0.25) is 0 Å². The zero-order valence-corrected chi connectivity index (χ0v) is 16.1. The van der Waals surface area contributed by atoms with Crippen LogP contribution in [0.5, 0.6) is 0 Å². The lowest BCUT2D eigenvalue weighted by Gasteiger charge is -2.27. The molecule has 1 aliphatic heterocycles. The number of aliphatic hydroxyl groups excluding tert-OH is 1. The molecule has 3 amide bonds. The van der Waals surface area contributed by atoms with Crippen LogP contribution < -0.4 is 22.1 Å². The monoisotopic (exact) mass is 401 g/mol. The first kappa shape index (κ1) is 23.8. The highest BCUT2D eigenvalue weighted by Gasteiger charge is 2.37. The molecule has 0 aromatic heterocycles. The molecule has 4 atom stereocenters. The van der Waals surface area contributed by atoms with Gasteiger partial charge in [-0.25, -0.2) is 4.79 Å². The van der Waals surface area contributed by atoms with Gasteiger partial charge in [0.2, 0.25) is 17.7 Å². The van der Waals surface area contributed by atoms with E-state index in [0.29, 0.717) is 38.8 Å². The molecule has 11 nitrogen and oxygen atoms in total. The van der Waals surface area contributed by atoms with Crippen molar-refractivity contribution in [3.8, 4) is 0 Å². The molecule has 1 fully saturated rings. The molecule has 1 rings (SSSR count). The Balaban J connectivity index is 2.54. The second-order valence-electron chi connectivity index (χ2n) is 6.92. The average molecular weight is 401 g/mol. The van der Waals surface area contributed by atoms with E-state index in [1.165, 1.54) is 11.8 Å². The number of aliphatic carboxylic acids is 1. The van der Waals surface area contributed by atoms with Crippen LogP contribution in [-0.4, -0.2) is 82.7 Å². The summed E-state index contributed by atoms with van der Waals surface area (Å²) in [6.45, 7) is 1.77. The second-order valence-corrected chi connectivity index (χ2v) is 6.92. The highest BCUT2D eigenvalue weighted by atomic mass is 16.4. The largest absolute Gasteiger partial charge is 0.480 e. The summed E-state index contributed by atoms with van der Waals surface area (Å²) in [5.74, 6) is -2.84. The number of nitrogens with zero attached hydrogens (tertiary/aromatic N) is 1. The topological polar surface area (TPSA) is 188 Å². The predicted molar refractivity (Wildman–Crippen MR) is 99.9 cm³/mol. The van der Waals surface area contributed by atoms with E-state index in [0.717, 1.165) is 0 Å². The molecule has 4 unspecified atom stereocenters. The van der Waals surface area contributed by atoms with Gasteiger partial charge in [0.25, 0.3) is 0 Å². The third kappa shape index (κ3) is 7.06. The lowest BCUT2D eigenvalue weighted by atomic mass is 10.1. The molecular formula is C17H31N5O6. The van der Waals surface area contributed by atoms with Crippen molar-refractivity contribution in [1.29, 1.82) is 0 Å². The first-order valence-corrected chi connectivity index (χ1v) is 9.43. The number of hydrogen-bond acceptors (Lipinski definition) is 7. The van der Waals surface area contributed by atoms with Crippen LogP contribution in [-0.2, 0) is 19.2 Å². The van der Waals surface area contributed by atoms with Crippen LogP contribution >= 0.6 is 0 Å². The maximum atomic E-state index is 12.4. The Morgan fingerprint density at radius 3 is 2.50 bits per heavy atom. The molecule has 0 bridgehead atoms. The Labute approximate surface area is 163 Å². The van der Waals surface area contributed by atoms with Crippen molar-refractivity contribution in [2.75, 3.05) is 19.6 Å². The number of carboxylic acid groups (broad SMARTS) is 1.